The van der Waals surface area contributed by atoms with Gasteiger partial charge in [0.25, 0.3) is 14.4 Å². The van der Waals surface area contributed by atoms with Gasteiger partial charge in [-0.05, 0) is 72.0 Å². The Kier molecular flexibility index (Phi) is 15.7. The zero-order valence-corrected chi connectivity index (χ0v) is 47.1. The number of benzene rings is 6. The highest BCUT2D eigenvalue weighted by atomic mass is 31.2. The molecule has 7 atom stereocenters. The Morgan fingerprint density at radius 2 is 1.42 bits per heavy atom. The van der Waals surface area contributed by atoms with Gasteiger partial charge in [0.2, 0.25) is 11.8 Å². The number of carbonyl (C=O) groups is 1. The van der Waals surface area contributed by atoms with Crippen molar-refractivity contribution in [1.82, 2.24) is 24.2 Å². The highest BCUT2D eigenvalue weighted by molar-refractivity contribution is 7.45. The lowest BCUT2D eigenvalue weighted by Crippen LogP contribution is -2.58. The van der Waals surface area contributed by atoms with Crippen LogP contribution in [-0.2, 0) is 33.7 Å². The molecule has 4 fully saturated rings. The summed E-state index contributed by atoms with van der Waals surface area (Å²) in [4.78, 5) is 27.7. The number of imidazole rings is 1. The molecule has 4 saturated heterocycles. The minimum Gasteiger partial charge on any atom is -0.497 e. The van der Waals surface area contributed by atoms with Gasteiger partial charge < -0.3 is 42.2 Å². The molecular weight excluding hydrogens is 1060 g/mol. The van der Waals surface area contributed by atoms with Crippen LogP contribution in [0.25, 0.3) is 11.2 Å². The Labute approximate surface area is 472 Å². The van der Waals surface area contributed by atoms with Crippen molar-refractivity contribution in [1.29, 1.82) is 5.26 Å². The molecule has 0 radical (unpaired) electrons. The van der Waals surface area contributed by atoms with E-state index in [1.165, 1.54) is 10.4 Å². The van der Waals surface area contributed by atoms with Crippen LogP contribution in [0.5, 0.6) is 23.1 Å². The summed E-state index contributed by atoms with van der Waals surface area (Å²) in [5.41, 5.74) is 0.669. The van der Waals surface area contributed by atoms with Crippen LogP contribution in [0.1, 0.15) is 42.2 Å². The molecule has 12 rings (SSSR count). The van der Waals surface area contributed by atoms with E-state index < -0.39 is 52.1 Å². The van der Waals surface area contributed by atoms with E-state index in [2.05, 4.69) is 100 Å². The third kappa shape index (κ3) is 10.6. The van der Waals surface area contributed by atoms with Gasteiger partial charge in [-0.3, -0.25) is 14.7 Å². The van der Waals surface area contributed by atoms with Crippen molar-refractivity contribution in [2.75, 3.05) is 52.5 Å². The first-order valence-corrected chi connectivity index (χ1v) is 31.1. The van der Waals surface area contributed by atoms with E-state index in [0.717, 1.165) is 42.1 Å². The number of carbonyl (C=O) groups excluding carboxylic acids is 1. The number of nitriles is 1. The van der Waals surface area contributed by atoms with Crippen molar-refractivity contribution in [3.05, 3.63) is 193 Å². The van der Waals surface area contributed by atoms with Crippen LogP contribution in [0.3, 0.4) is 0 Å². The molecule has 0 saturated carbocycles. The number of methoxy groups -OCH3 is 2. The summed E-state index contributed by atoms with van der Waals surface area (Å²) in [6, 6.07) is 59.9. The minimum absolute atomic E-state index is 0.0203. The number of rotatable bonds is 22. The Balaban J connectivity index is 0.934. The van der Waals surface area contributed by atoms with E-state index in [1.54, 1.807) is 37.2 Å². The predicted molar refractivity (Wildman–Crippen MR) is 307 cm³/mol. The summed E-state index contributed by atoms with van der Waals surface area (Å²) < 4.78 is 64.4. The van der Waals surface area contributed by atoms with Gasteiger partial charge in [-0.2, -0.15) is 15.2 Å². The number of hydrogen-bond donors (Lipinski definition) is 1. The fraction of sp³-hybridized carbons (Fsp3) is 0.306. The van der Waals surface area contributed by atoms with Crippen molar-refractivity contribution in [2.45, 2.75) is 73.6 Å². The van der Waals surface area contributed by atoms with E-state index in [-0.39, 0.29) is 68.0 Å². The number of hydrogen-bond acceptors (Lipinski definition) is 15. The molecule has 6 heterocycles. The fourth-order valence-corrected chi connectivity index (χ4v) is 17.8. The summed E-state index contributed by atoms with van der Waals surface area (Å²) in [5.74, 6) is 1.44. The van der Waals surface area contributed by atoms with Gasteiger partial charge in [0.1, 0.15) is 55.3 Å². The molecule has 81 heavy (non-hydrogen) atoms. The van der Waals surface area contributed by atoms with E-state index in [4.69, 9.17) is 52.2 Å². The van der Waals surface area contributed by atoms with Crippen molar-refractivity contribution < 1.29 is 47.0 Å². The van der Waals surface area contributed by atoms with Crippen molar-refractivity contribution in [3.8, 4) is 29.2 Å². The first-order valence-electron chi connectivity index (χ1n) is 27.2. The molecule has 0 aliphatic carbocycles. The second kappa shape index (κ2) is 23.5. The molecule has 4 aliphatic rings. The van der Waals surface area contributed by atoms with E-state index in [0.29, 0.717) is 17.2 Å². The van der Waals surface area contributed by atoms with E-state index >= 15 is 0 Å². The van der Waals surface area contributed by atoms with Gasteiger partial charge in [-0.1, -0.05) is 150 Å². The maximum atomic E-state index is 13.5. The third-order valence-electron chi connectivity index (χ3n) is 15.9. The average molecular weight is 1120 g/mol. The Bertz CT molecular complexity index is 3390. The predicted octanol–water partition coefficient (Wildman–Crippen LogP) is 9.20. The third-order valence-corrected chi connectivity index (χ3v) is 22.1. The maximum absolute atomic E-state index is 13.5. The molecule has 8 aromatic rings. The molecule has 0 unspecified atom stereocenters. The number of nitrogens with zero attached hydrogens (tertiary/aromatic N) is 6. The maximum Gasteiger partial charge on any atom is 0.264 e. The molecule has 17 nitrogen and oxygen atoms in total. The Morgan fingerprint density at radius 1 is 0.802 bits per heavy atom. The minimum atomic E-state index is -2.36. The average Bonchev–Trinajstić information content (AvgIpc) is 4.42. The normalized spacial score (nSPS) is 22.3. The van der Waals surface area contributed by atoms with E-state index in [1.807, 2.05) is 84.9 Å². The molecule has 0 spiro atoms. The van der Waals surface area contributed by atoms with Crippen LogP contribution >= 0.6 is 8.53 Å². The number of amides is 1. The number of fused-ring (bicyclic) bond motifs is 4. The van der Waals surface area contributed by atoms with Gasteiger partial charge in [0, 0.05) is 12.6 Å². The number of nitrogens with one attached hydrogen (secondary N) is 1. The first kappa shape index (κ1) is 54.0. The fourth-order valence-electron chi connectivity index (χ4n) is 11.8. The number of para-hydroxylation sites is 1. The zero-order valence-electron chi connectivity index (χ0n) is 45.2. The van der Waals surface area contributed by atoms with Gasteiger partial charge in [0.05, 0.1) is 52.4 Å². The van der Waals surface area contributed by atoms with Crippen LogP contribution in [0.15, 0.2) is 176 Å². The summed E-state index contributed by atoms with van der Waals surface area (Å²) in [6.45, 7) is 3.09. The summed E-state index contributed by atoms with van der Waals surface area (Å²) in [5, 5.41) is 14.9. The highest BCUT2D eigenvalue weighted by Crippen LogP contribution is 2.61. The Morgan fingerprint density at radius 3 is 2.05 bits per heavy atom. The van der Waals surface area contributed by atoms with Crippen molar-refractivity contribution in [3.63, 3.8) is 0 Å². The topological polar surface area (TPSA) is 183 Å². The van der Waals surface area contributed by atoms with Gasteiger partial charge >= 0.3 is 0 Å². The van der Waals surface area contributed by atoms with Crippen molar-refractivity contribution >= 4 is 50.0 Å². The summed E-state index contributed by atoms with van der Waals surface area (Å²) >= 11 is 0. The molecule has 2 bridgehead atoms. The largest absolute Gasteiger partial charge is 0.497 e. The lowest BCUT2D eigenvalue weighted by molar-refractivity contribution is -0.201. The number of ether oxygens (including phenoxy) is 7. The zero-order chi connectivity index (χ0) is 55.4. The van der Waals surface area contributed by atoms with Crippen molar-refractivity contribution in [2.24, 2.45) is 0 Å². The molecule has 414 valence electrons. The SMILES string of the molecule is COc1ccc(C(OC[C@@]23CO[C@@H]([C@H](n4cnc5c(OCCC#N)nc(NC(=O)COc6ccccc6)nc54)O2)[C@@H]3O[P@@]2O[C@H](C[Si](C)(c3ccccc3)c3ccccc3)[C@@H]3CCCN32)(c2ccccc2)c2ccc(OC)cc2)cc1. The summed E-state index contributed by atoms with van der Waals surface area (Å²) in [7, 11) is -0.722. The summed E-state index contributed by atoms with van der Waals surface area (Å²) in [6.07, 6.45) is 1.20. The highest BCUT2D eigenvalue weighted by Gasteiger charge is 2.66. The molecule has 6 aromatic carbocycles. The van der Waals surface area contributed by atoms with Crippen LogP contribution in [0.2, 0.25) is 12.6 Å². The van der Waals surface area contributed by atoms with Gasteiger partial charge in [-0.15, -0.1) is 0 Å². The smallest absolute Gasteiger partial charge is 0.264 e. The number of anilines is 1. The molecule has 1 amide bonds. The lowest BCUT2D eigenvalue weighted by Gasteiger charge is -2.40. The van der Waals surface area contributed by atoms with Gasteiger partial charge in [-0.25, -0.2) is 9.65 Å². The van der Waals surface area contributed by atoms with Crippen LogP contribution in [0.4, 0.5) is 5.95 Å². The number of aromatic nitrogens is 4. The van der Waals surface area contributed by atoms with E-state index in [9.17, 15) is 10.1 Å². The van der Waals surface area contributed by atoms with Crippen LogP contribution in [0, 0.1) is 11.3 Å². The first-order chi connectivity index (χ1) is 39.7. The lowest BCUT2D eigenvalue weighted by atomic mass is 9.79. The second-order valence-corrected chi connectivity index (χ2v) is 26.4. The second-order valence-electron chi connectivity index (χ2n) is 20.8. The molecule has 4 aliphatic heterocycles. The molecule has 1 N–H and O–H groups in total. The molecule has 2 aromatic heterocycles. The molecule has 19 heteroatoms. The monoisotopic (exact) mass is 1120 g/mol. The standard InChI is InChI=1S/C62H62N7O10PSi/c1-71-46-31-27-44(28-32-46)62(43-18-8-4-9-19-43,45-29-33-47(72-2)34-30-45)76-41-61-40-75-55(56(61)79-80-69-36-16-26-51(69)52(78-80)39-81(3,49-22-12-6-13-23-49)50-24-14-7-15-25-50)59(77-61)68-42-64-54-57(68)66-60(67-58(54)73-37-17-35-63)65-53(70)38-74-48-20-10-5-11-21-48/h4-15,18-25,27-34,42,51-52,55-56,59H,16-17,26,36-41H2,1-3H3,(H,65,66,67,70)/t51-,52+,55+,56-,59+,61+,80+/m0/s1. The van der Waals surface area contributed by atoms with Crippen LogP contribution < -0.4 is 34.6 Å². The van der Waals surface area contributed by atoms with Gasteiger partial charge in [0.15, 0.2) is 24.0 Å². The molecular formula is C62H62N7O10PSi. The van der Waals surface area contributed by atoms with Crippen LogP contribution in [-0.4, -0.2) is 115 Å². The quantitative estimate of drug-likeness (QED) is 0.0293. The Hall–Kier alpha value is -7.56.